The highest BCUT2D eigenvalue weighted by Crippen LogP contribution is 2.22. The van der Waals surface area contributed by atoms with Crippen molar-refractivity contribution >= 4 is 35.2 Å². The Balaban J connectivity index is 1.88. The fourth-order valence-corrected chi connectivity index (χ4v) is 5.01. The zero-order valence-electron chi connectivity index (χ0n) is 21.5. The molecule has 3 aromatic rings. The van der Waals surface area contributed by atoms with E-state index in [-0.39, 0.29) is 24.1 Å². The van der Waals surface area contributed by atoms with Crippen molar-refractivity contribution < 1.29 is 9.59 Å². The zero-order chi connectivity index (χ0) is 26.1. The first kappa shape index (κ1) is 27.8. The Labute approximate surface area is 224 Å². The van der Waals surface area contributed by atoms with E-state index in [0.29, 0.717) is 11.4 Å². The number of nitrogens with zero attached hydrogens (tertiary/aromatic N) is 1. The third-order valence-corrected chi connectivity index (χ3v) is 7.00. The predicted octanol–water partition coefficient (Wildman–Crippen LogP) is 6.44. The Bertz CT molecular complexity index is 1160. The topological polar surface area (TPSA) is 49.4 Å². The molecule has 0 heterocycles. The van der Waals surface area contributed by atoms with Crippen molar-refractivity contribution in [3.05, 3.63) is 106 Å². The van der Waals surface area contributed by atoms with Crippen molar-refractivity contribution in [1.82, 2.24) is 10.2 Å². The van der Waals surface area contributed by atoms with Gasteiger partial charge >= 0.3 is 0 Å². The highest BCUT2D eigenvalue weighted by molar-refractivity contribution is 7.99. The molecule has 1 N–H and O–H groups in total. The quantitative estimate of drug-likeness (QED) is 0.333. The lowest BCUT2D eigenvalue weighted by Gasteiger charge is -2.34. The van der Waals surface area contributed by atoms with Crippen LogP contribution in [0.25, 0.3) is 0 Å². The minimum atomic E-state index is -0.671. The summed E-state index contributed by atoms with van der Waals surface area (Å²) in [5.41, 5.74) is 3.76. The van der Waals surface area contributed by atoms with Crippen LogP contribution in [-0.2, 0) is 28.3 Å². The van der Waals surface area contributed by atoms with Crippen molar-refractivity contribution in [2.45, 2.75) is 58.0 Å². The highest BCUT2D eigenvalue weighted by Gasteiger charge is 2.32. The molecule has 36 heavy (non-hydrogen) atoms. The van der Waals surface area contributed by atoms with Gasteiger partial charge in [0.2, 0.25) is 11.8 Å². The van der Waals surface area contributed by atoms with E-state index in [2.05, 4.69) is 30.4 Å². The molecular formula is C30H35ClN2O2S. The minimum Gasteiger partial charge on any atom is -0.350 e. The van der Waals surface area contributed by atoms with Crippen molar-refractivity contribution in [1.29, 1.82) is 0 Å². The summed E-state index contributed by atoms with van der Waals surface area (Å²) in [5, 5.41) is 3.67. The lowest BCUT2D eigenvalue weighted by molar-refractivity contribution is -0.140. The molecule has 4 nitrogen and oxygen atoms in total. The Hall–Kier alpha value is -2.76. The molecule has 0 saturated carbocycles. The molecule has 2 amide bonds. The molecule has 3 rings (SSSR count). The smallest absolute Gasteiger partial charge is 0.243 e. The highest BCUT2D eigenvalue weighted by atomic mass is 35.5. The molecule has 190 valence electrons. The summed E-state index contributed by atoms with van der Waals surface area (Å²) in [4.78, 5) is 29.0. The average molecular weight is 523 g/mol. The minimum absolute atomic E-state index is 0.0856. The van der Waals surface area contributed by atoms with Gasteiger partial charge in [-0.05, 0) is 50.5 Å². The molecule has 1 atom stereocenters. The molecule has 0 aliphatic rings. The number of aryl methyl sites for hydroxylation is 1. The molecule has 6 heteroatoms. The maximum atomic E-state index is 13.7. The van der Waals surface area contributed by atoms with Gasteiger partial charge in [0.25, 0.3) is 0 Å². The van der Waals surface area contributed by atoms with Gasteiger partial charge in [-0.25, -0.2) is 0 Å². The summed E-state index contributed by atoms with van der Waals surface area (Å²) in [7, 11) is 0. The number of thioether (sulfide) groups is 1. The Morgan fingerprint density at radius 2 is 1.61 bits per heavy atom. The fraction of sp³-hybridized carbons (Fsp3) is 0.333. The van der Waals surface area contributed by atoms with Gasteiger partial charge in [-0.1, -0.05) is 90.0 Å². The maximum Gasteiger partial charge on any atom is 0.243 e. The molecule has 0 aliphatic carbocycles. The van der Waals surface area contributed by atoms with Crippen LogP contribution in [-0.4, -0.2) is 34.0 Å². The molecule has 0 aliphatic heterocycles. The summed E-state index contributed by atoms with van der Waals surface area (Å²) >= 11 is 8.04. The van der Waals surface area contributed by atoms with E-state index in [1.807, 2.05) is 81.4 Å². The number of benzene rings is 3. The summed E-state index contributed by atoms with van der Waals surface area (Å²) in [5.74, 6) is 0.741. The number of rotatable bonds is 10. The van der Waals surface area contributed by atoms with Crippen LogP contribution in [0.3, 0.4) is 0 Å². The summed E-state index contributed by atoms with van der Waals surface area (Å²) in [6.07, 6.45) is 0.418. The lowest BCUT2D eigenvalue weighted by Crippen LogP contribution is -2.54. The number of halogens is 1. The molecule has 0 bridgehead atoms. The standard InChI is InChI=1S/C30H35ClN2O2S/c1-22-11-10-14-24(17-22)20-36-21-28(34)33(19-25-15-8-9-16-26(25)31)27(29(35)32-30(2,3)4)18-23-12-6-5-7-13-23/h5-17,27H,18-21H2,1-4H3,(H,32,35). The summed E-state index contributed by atoms with van der Waals surface area (Å²) < 4.78 is 0. The first-order chi connectivity index (χ1) is 17.1. The van der Waals surface area contributed by atoms with E-state index in [1.54, 1.807) is 16.7 Å². The second-order valence-electron chi connectivity index (χ2n) is 10.0. The second-order valence-corrected chi connectivity index (χ2v) is 11.4. The first-order valence-corrected chi connectivity index (χ1v) is 13.7. The number of amides is 2. The SMILES string of the molecule is Cc1cccc(CSCC(=O)N(Cc2ccccc2Cl)C(Cc2ccccc2)C(=O)NC(C)(C)C)c1. The Morgan fingerprint density at radius 3 is 2.28 bits per heavy atom. The Morgan fingerprint density at radius 1 is 0.944 bits per heavy atom. The maximum absolute atomic E-state index is 13.7. The van der Waals surface area contributed by atoms with Crippen LogP contribution in [0.2, 0.25) is 5.02 Å². The van der Waals surface area contributed by atoms with E-state index in [0.717, 1.165) is 16.9 Å². The van der Waals surface area contributed by atoms with Crippen molar-refractivity contribution in [2.75, 3.05) is 5.75 Å². The molecule has 0 fully saturated rings. The normalized spacial score (nSPS) is 12.1. The van der Waals surface area contributed by atoms with Crippen LogP contribution in [0.5, 0.6) is 0 Å². The van der Waals surface area contributed by atoms with Crippen molar-refractivity contribution in [2.24, 2.45) is 0 Å². The van der Waals surface area contributed by atoms with Crippen molar-refractivity contribution in [3.63, 3.8) is 0 Å². The van der Waals surface area contributed by atoms with Gasteiger partial charge in [0.05, 0.1) is 5.75 Å². The van der Waals surface area contributed by atoms with E-state index in [9.17, 15) is 9.59 Å². The van der Waals surface area contributed by atoms with Gasteiger partial charge in [0.15, 0.2) is 0 Å². The van der Waals surface area contributed by atoms with Crippen molar-refractivity contribution in [3.8, 4) is 0 Å². The second kappa shape index (κ2) is 13.0. The van der Waals surface area contributed by atoms with Gasteiger partial charge in [-0.3, -0.25) is 9.59 Å². The largest absolute Gasteiger partial charge is 0.350 e. The molecule has 0 aromatic heterocycles. The van der Waals surface area contributed by atoms with Gasteiger partial charge in [-0.2, -0.15) is 0 Å². The third-order valence-electron chi connectivity index (χ3n) is 5.64. The van der Waals surface area contributed by atoms with Crippen LogP contribution in [0, 0.1) is 6.92 Å². The van der Waals surface area contributed by atoms with Gasteiger partial charge in [0, 0.05) is 29.3 Å². The van der Waals surface area contributed by atoms with E-state index < -0.39 is 11.6 Å². The number of nitrogens with one attached hydrogen (secondary N) is 1. The van der Waals surface area contributed by atoms with Gasteiger partial charge in [0.1, 0.15) is 6.04 Å². The average Bonchev–Trinajstić information content (AvgIpc) is 2.82. The number of hydrogen-bond donors (Lipinski definition) is 1. The van der Waals surface area contributed by atoms with E-state index in [4.69, 9.17) is 11.6 Å². The zero-order valence-corrected chi connectivity index (χ0v) is 23.0. The van der Waals surface area contributed by atoms with Crippen LogP contribution < -0.4 is 5.32 Å². The molecule has 0 saturated heterocycles. The predicted molar refractivity (Wildman–Crippen MR) is 151 cm³/mol. The first-order valence-electron chi connectivity index (χ1n) is 12.1. The Kier molecular flexibility index (Phi) is 10.0. The van der Waals surface area contributed by atoms with Crippen LogP contribution in [0.15, 0.2) is 78.9 Å². The number of hydrogen-bond acceptors (Lipinski definition) is 3. The number of carbonyl (C=O) groups excluding carboxylic acids is 2. The fourth-order valence-electron chi connectivity index (χ4n) is 3.96. The number of carbonyl (C=O) groups is 2. The van der Waals surface area contributed by atoms with Crippen LogP contribution >= 0.6 is 23.4 Å². The summed E-state index contributed by atoms with van der Waals surface area (Å²) in [6.45, 7) is 8.17. The molecular weight excluding hydrogens is 488 g/mol. The monoisotopic (exact) mass is 522 g/mol. The third kappa shape index (κ3) is 8.72. The molecule has 3 aromatic carbocycles. The van der Waals surface area contributed by atoms with Gasteiger partial charge < -0.3 is 10.2 Å². The van der Waals surface area contributed by atoms with Crippen LogP contribution in [0.1, 0.15) is 43.0 Å². The molecule has 0 spiro atoms. The van der Waals surface area contributed by atoms with Crippen LogP contribution in [0.4, 0.5) is 0 Å². The molecule has 0 radical (unpaired) electrons. The van der Waals surface area contributed by atoms with Gasteiger partial charge in [-0.15, -0.1) is 11.8 Å². The molecule has 1 unspecified atom stereocenters. The lowest BCUT2D eigenvalue weighted by atomic mass is 10.0. The van der Waals surface area contributed by atoms with E-state index >= 15 is 0 Å². The summed E-state index contributed by atoms with van der Waals surface area (Å²) in [6, 6.07) is 24.9. The van der Waals surface area contributed by atoms with E-state index in [1.165, 1.54) is 11.1 Å².